The molecule has 2 aromatic carbocycles. The van der Waals surface area contributed by atoms with Crippen molar-refractivity contribution in [1.82, 2.24) is 10.6 Å². The maximum Gasteiger partial charge on any atom is 0.191 e. The summed E-state index contributed by atoms with van der Waals surface area (Å²) in [4.78, 5) is 4.34. The molecule has 0 spiro atoms. The van der Waals surface area contributed by atoms with Gasteiger partial charge in [0, 0.05) is 32.7 Å². The van der Waals surface area contributed by atoms with Gasteiger partial charge in [-0.05, 0) is 24.0 Å². The Labute approximate surface area is 191 Å². The molecule has 0 saturated carbocycles. The Morgan fingerprint density at radius 3 is 2.28 bits per heavy atom. The third-order valence-electron chi connectivity index (χ3n) is 4.97. The summed E-state index contributed by atoms with van der Waals surface area (Å²) in [7, 11) is 1.79. The molecular formula is C23H32IN3O2. The van der Waals surface area contributed by atoms with Crippen LogP contribution in [-0.2, 0) is 9.47 Å². The van der Waals surface area contributed by atoms with Gasteiger partial charge in [0.1, 0.15) is 0 Å². The lowest BCUT2D eigenvalue weighted by atomic mass is 9.91. The van der Waals surface area contributed by atoms with Crippen LogP contribution in [0, 0.1) is 0 Å². The molecule has 0 radical (unpaired) electrons. The zero-order valence-electron chi connectivity index (χ0n) is 17.0. The van der Waals surface area contributed by atoms with Crippen molar-refractivity contribution in [2.45, 2.75) is 24.9 Å². The topological polar surface area (TPSA) is 54.9 Å². The summed E-state index contributed by atoms with van der Waals surface area (Å²) in [5.74, 6) is 1.05. The minimum Gasteiger partial charge on any atom is -0.377 e. The van der Waals surface area contributed by atoms with Crippen LogP contribution in [0.3, 0.4) is 0 Å². The Balaban J connectivity index is 0.00000300. The first-order chi connectivity index (χ1) is 13.9. The average Bonchev–Trinajstić information content (AvgIpc) is 3.27. The largest absolute Gasteiger partial charge is 0.377 e. The van der Waals surface area contributed by atoms with Crippen LogP contribution >= 0.6 is 24.0 Å². The lowest BCUT2D eigenvalue weighted by Crippen LogP contribution is -2.41. The number of benzene rings is 2. The summed E-state index contributed by atoms with van der Waals surface area (Å²) in [6.45, 7) is 3.67. The van der Waals surface area contributed by atoms with Gasteiger partial charge in [0.05, 0.1) is 19.3 Å². The number of rotatable bonds is 9. The lowest BCUT2D eigenvalue weighted by Gasteiger charge is -2.20. The van der Waals surface area contributed by atoms with Gasteiger partial charge in [0.2, 0.25) is 0 Å². The number of hydrogen-bond acceptors (Lipinski definition) is 3. The number of guanidine groups is 1. The summed E-state index contributed by atoms with van der Waals surface area (Å²) < 4.78 is 11.3. The second kappa shape index (κ2) is 13.6. The van der Waals surface area contributed by atoms with Crippen molar-refractivity contribution in [3.63, 3.8) is 0 Å². The Morgan fingerprint density at radius 2 is 1.72 bits per heavy atom. The molecule has 29 heavy (non-hydrogen) atoms. The van der Waals surface area contributed by atoms with Gasteiger partial charge in [-0.25, -0.2) is 0 Å². The molecule has 0 bridgehead atoms. The molecule has 0 aliphatic carbocycles. The van der Waals surface area contributed by atoms with Gasteiger partial charge < -0.3 is 20.1 Å². The standard InChI is InChI=1S/C23H31N3O2.HI/c1-24-23(25-14-16-27-18-21-13-8-15-28-21)26-17-22(19-9-4-2-5-10-19)20-11-6-3-7-12-20;/h2-7,9-12,21-22H,8,13-18H2,1H3,(H2,24,25,26);1H. The van der Waals surface area contributed by atoms with E-state index in [0.29, 0.717) is 19.8 Å². The number of hydrogen-bond donors (Lipinski definition) is 2. The van der Waals surface area contributed by atoms with Gasteiger partial charge in [-0.2, -0.15) is 0 Å². The number of nitrogens with zero attached hydrogens (tertiary/aromatic N) is 1. The van der Waals surface area contributed by atoms with Gasteiger partial charge in [0.25, 0.3) is 0 Å². The van der Waals surface area contributed by atoms with E-state index < -0.39 is 0 Å². The van der Waals surface area contributed by atoms with E-state index in [9.17, 15) is 0 Å². The monoisotopic (exact) mass is 509 g/mol. The Hall–Kier alpha value is -1.64. The van der Waals surface area contributed by atoms with Crippen molar-refractivity contribution >= 4 is 29.9 Å². The molecule has 1 heterocycles. The third-order valence-corrected chi connectivity index (χ3v) is 4.97. The highest BCUT2D eigenvalue weighted by Gasteiger charge is 2.16. The molecule has 6 heteroatoms. The van der Waals surface area contributed by atoms with Crippen LogP contribution in [0.4, 0.5) is 0 Å². The third kappa shape index (κ3) is 7.95. The molecule has 0 amide bonds. The first kappa shape index (κ1) is 23.6. The van der Waals surface area contributed by atoms with Crippen molar-refractivity contribution < 1.29 is 9.47 Å². The number of ether oxygens (including phenoxy) is 2. The molecule has 1 fully saturated rings. The van der Waals surface area contributed by atoms with Crippen molar-refractivity contribution in [2.24, 2.45) is 4.99 Å². The van der Waals surface area contributed by atoms with E-state index in [1.807, 2.05) is 0 Å². The van der Waals surface area contributed by atoms with Crippen molar-refractivity contribution in [1.29, 1.82) is 0 Å². The minimum absolute atomic E-state index is 0. The molecule has 0 aromatic heterocycles. The first-order valence-corrected chi connectivity index (χ1v) is 10.1. The van der Waals surface area contributed by atoms with Crippen LogP contribution in [0.5, 0.6) is 0 Å². The van der Waals surface area contributed by atoms with Crippen LogP contribution in [0.2, 0.25) is 0 Å². The van der Waals surface area contributed by atoms with Crippen molar-refractivity contribution in [2.75, 3.05) is 40.0 Å². The van der Waals surface area contributed by atoms with Crippen LogP contribution in [0.15, 0.2) is 65.7 Å². The zero-order chi connectivity index (χ0) is 19.4. The molecule has 1 unspecified atom stereocenters. The molecule has 1 saturated heterocycles. The summed E-state index contributed by atoms with van der Waals surface area (Å²) >= 11 is 0. The van der Waals surface area contributed by atoms with Gasteiger partial charge in [-0.1, -0.05) is 60.7 Å². The molecule has 1 aliphatic heterocycles. The van der Waals surface area contributed by atoms with Crippen LogP contribution in [0.25, 0.3) is 0 Å². The quantitative estimate of drug-likeness (QED) is 0.234. The summed E-state index contributed by atoms with van der Waals surface area (Å²) in [6, 6.07) is 21.2. The molecular weight excluding hydrogens is 477 g/mol. The smallest absolute Gasteiger partial charge is 0.191 e. The second-order valence-electron chi connectivity index (χ2n) is 6.96. The van der Waals surface area contributed by atoms with Crippen molar-refractivity contribution in [3.05, 3.63) is 71.8 Å². The van der Waals surface area contributed by atoms with E-state index in [2.05, 4.69) is 76.3 Å². The first-order valence-electron chi connectivity index (χ1n) is 10.1. The summed E-state index contributed by atoms with van der Waals surface area (Å²) in [6.07, 6.45) is 2.53. The average molecular weight is 509 g/mol. The van der Waals surface area contributed by atoms with Crippen LogP contribution < -0.4 is 10.6 Å². The number of halogens is 1. The van der Waals surface area contributed by atoms with E-state index in [-0.39, 0.29) is 36.0 Å². The Bertz CT molecular complexity index is 667. The zero-order valence-corrected chi connectivity index (χ0v) is 19.4. The van der Waals surface area contributed by atoms with Gasteiger partial charge in [0.15, 0.2) is 5.96 Å². The van der Waals surface area contributed by atoms with Crippen molar-refractivity contribution in [3.8, 4) is 0 Å². The van der Waals surface area contributed by atoms with Crippen LogP contribution in [-0.4, -0.2) is 52.0 Å². The van der Waals surface area contributed by atoms with E-state index in [4.69, 9.17) is 9.47 Å². The van der Waals surface area contributed by atoms with Gasteiger partial charge in [-0.3, -0.25) is 4.99 Å². The summed E-state index contributed by atoms with van der Waals surface area (Å²) in [5.41, 5.74) is 2.58. The number of aliphatic imine (C=N–C) groups is 1. The van der Waals surface area contributed by atoms with Gasteiger partial charge in [-0.15, -0.1) is 24.0 Å². The van der Waals surface area contributed by atoms with Crippen LogP contribution in [0.1, 0.15) is 29.9 Å². The fourth-order valence-electron chi connectivity index (χ4n) is 3.45. The molecule has 3 rings (SSSR count). The van der Waals surface area contributed by atoms with E-state index >= 15 is 0 Å². The highest BCUT2D eigenvalue weighted by Crippen LogP contribution is 2.23. The highest BCUT2D eigenvalue weighted by molar-refractivity contribution is 14.0. The Kier molecular flexibility index (Phi) is 11.1. The minimum atomic E-state index is 0. The van der Waals surface area contributed by atoms with Gasteiger partial charge >= 0.3 is 0 Å². The summed E-state index contributed by atoms with van der Waals surface area (Å²) in [5, 5.41) is 6.78. The predicted molar refractivity (Wildman–Crippen MR) is 129 cm³/mol. The Morgan fingerprint density at radius 1 is 1.07 bits per heavy atom. The molecule has 2 N–H and O–H groups in total. The number of nitrogens with one attached hydrogen (secondary N) is 2. The predicted octanol–water partition coefficient (Wildman–Crippen LogP) is 3.80. The SMILES string of the molecule is CN=C(NCCOCC1CCCO1)NCC(c1ccccc1)c1ccccc1.I. The molecule has 5 nitrogen and oxygen atoms in total. The maximum atomic E-state index is 5.71. The molecule has 1 aliphatic rings. The second-order valence-corrected chi connectivity index (χ2v) is 6.96. The maximum absolute atomic E-state index is 5.71. The fraction of sp³-hybridized carbons (Fsp3) is 0.435. The van der Waals surface area contributed by atoms with E-state index in [1.165, 1.54) is 11.1 Å². The van der Waals surface area contributed by atoms with E-state index in [0.717, 1.165) is 32.0 Å². The molecule has 2 aromatic rings. The lowest BCUT2D eigenvalue weighted by molar-refractivity contribution is 0.0191. The fourth-order valence-corrected chi connectivity index (χ4v) is 3.45. The highest BCUT2D eigenvalue weighted by atomic mass is 127. The van der Waals surface area contributed by atoms with E-state index in [1.54, 1.807) is 7.05 Å². The molecule has 158 valence electrons. The molecule has 1 atom stereocenters. The normalized spacial score (nSPS) is 16.5.